The fourth-order valence-corrected chi connectivity index (χ4v) is 2.58. The minimum Gasteiger partial charge on any atom is -0.496 e. The Morgan fingerprint density at radius 3 is 2.46 bits per heavy atom. The molecule has 2 aromatic carbocycles. The molecule has 3 rings (SSSR count). The Morgan fingerprint density at radius 1 is 1.00 bits per heavy atom. The third-order valence-corrected chi connectivity index (χ3v) is 4.07. The Labute approximate surface area is 162 Å². The summed E-state index contributed by atoms with van der Waals surface area (Å²) in [7, 11) is 1.62. The minimum atomic E-state index is -0.350. The Bertz CT molecular complexity index is 987. The van der Waals surface area contributed by atoms with E-state index < -0.39 is 0 Å². The third-order valence-electron chi connectivity index (χ3n) is 4.07. The van der Waals surface area contributed by atoms with Gasteiger partial charge < -0.3 is 15.4 Å². The molecule has 0 aliphatic rings. The van der Waals surface area contributed by atoms with E-state index in [4.69, 9.17) is 4.74 Å². The van der Waals surface area contributed by atoms with Gasteiger partial charge in [-0.25, -0.2) is 9.97 Å². The predicted octanol–water partition coefficient (Wildman–Crippen LogP) is 3.55. The molecule has 0 fully saturated rings. The van der Waals surface area contributed by atoms with Gasteiger partial charge in [0.05, 0.1) is 12.7 Å². The number of anilines is 2. The Morgan fingerprint density at radius 2 is 1.75 bits per heavy atom. The van der Waals surface area contributed by atoms with Crippen LogP contribution in [0.15, 0.2) is 60.9 Å². The van der Waals surface area contributed by atoms with Gasteiger partial charge in [-0.2, -0.15) is 0 Å². The molecule has 3 aromatic rings. The zero-order chi connectivity index (χ0) is 19.9. The molecule has 0 atom stereocenters. The summed E-state index contributed by atoms with van der Waals surface area (Å²) >= 11 is 0. The maximum atomic E-state index is 12.4. The first-order chi connectivity index (χ1) is 13.6. The van der Waals surface area contributed by atoms with Crippen LogP contribution in [0.25, 0.3) is 0 Å². The molecule has 0 unspecified atom stereocenters. The quantitative estimate of drug-likeness (QED) is 0.613. The summed E-state index contributed by atoms with van der Waals surface area (Å²) in [6.45, 7) is 1.97. The maximum absolute atomic E-state index is 12.4. The Balaban J connectivity index is 1.63. The molecule has 1 amide bonds. The van der Waals surface area contributed by atoms with Crippen molar-refractivity contribution in [2.75, 3.05) is 17.7 Å². The number of hydrogen-bond acceptors (Lipinski definition) is 6. The number of carbonyl (C=O) groups is 2. The van der Waals surface area contributed by atoms with E-state index in [1.165, 1.54) is 19.3 Å². The van der Waals surface area contributed by atoms with Gasteiger partial charge in [0.2, 0.25) is 5.95 Å². The number of rotatable bonds is 7. The molecule has 142 valence electrons. The van der Waals surface area contributed by atoms with Crippen LogP contribution < -0.4 is 15.4 Å². The van der Waals surface area contributed by atoms with Gasteiger partial charge in [0.25, 0.3) is 5.91 Å². The fourth-order valence-electron chi connectivity index (χ4n) is 2.58. The second-order valence-corrected chi connectivity index (χ2v) is 6.05. The molecule has 0 saturated carbocycles. The van der Waals surface area contributed by atoms with Crippen molar-refractivity contribution in [2.45, 2.75) is 13.5 Å². The zero-order valence-corrected chi connectivity index (χ0v) is 15.6. The van der Waals surface area contributed by atoms with Crippen LogP contribution in [0.5, 0.6) is 5.75 Å². The van der Waals surface area contributed by atoms with Crippen molar-refractivity contribution in [3.63, 3.8) is 0 Å². The number of ether oxygens (including phenoxy) is 1. The van der Waals surface area contributed by atoms with Crippen molar-refractivity contribution < 1.29 is 14.3 Å². The van der Waals surface area contributed by atoms with Gasteiger partial charge in [-0.15, -0.1) is 0 Å². The number of methoxy groups -OCH3 is 1. The third kappa shape index (κ3) is 4.70. The van der Waals surface area contributed by atoms with Gasteiger partial charge >= 0.3 is 0 Å². The maximum Gasteiger partial charge on any atom is 0.258 e. The number of nitrogens with one attached hydrogen (secondary N) is 2. The van der Waals surface area contributed by atoms with Gasteiger partial charge in [0.15, 0.2) is 5.78 Å². The minimum absolute atomic E-state index is 0.0649. The summed E-state index contributed by atoms with van der Waals surface area (Å²) < 4.78 is 5.31. The lowest BCUT2D eigenvalue weighted by atomic mass is 10.1. The number of Topliss-reactive ketones (excluding diaryl/α,β-unsaturated/α-hetero) is 1. The lowest BCUT2D eigenvalue weighted by Crippen LogP contribution is -2.14. The van der Waals surface area contributed by atoms with Gasteiger partial charge in [-0.1, -0.05) is 30.3 Å². The molecule has 0 radical (unpaired) electrons. The van der Waals surface area contributed by atoms with Crippen molar-refractivity contribution >= 4 is 23.3 Å². The first-order valence-electron chi connectivity index (χ1n) is 8.67. The van der Waals surface area contributed by atoms with Crippen LogP contribution in [-0.4, -0.2) is 28.8 Å². The molecule has 0 aliphatic heterocycles. The number of nitrogens with zero attached hydrogens (tertiary/aromatic N) is 2. The molecule has 1 aromatic heterocycles. The first kappa shape index (κ1) is 19.0. The number of para-hydroxylation sites is 1. The summed E-state index contributed by atoms with van der Waals surface area (Å²) in [6.07, 6.45) is 2.89. The normalized spacial score (nSPS) is 10.2. The zero-order valence-electron chi connectivity index (χ0n) is 15.6. The molecule has 7 heteroatoms. The molecule has 2 N–H and O–H groups in total. The molecule has 7 nitrogen and oxygen atoms in total. The second-order valence-electron chi connectivity index (χ2n) is 6.05. The monoisotopic (exact) mass is 376 g/mol. The molecule has 0 saturated heterocycles. The van der Waals surface area contributed by atoms with E-state index >= 15 is 0 Å². The molecule has 28 heavy (non-hydrogen) atoms. The van der Waals surface area contributed by atoms with E-state index in [0.29, 0.717) is 29.3 Å². The van der Waals surface area contributed by atoms with Gasteiger partial charge in [0, 0.05) is 35.8 Å². The highest BCUT2D eigenvalue weighted by atomic mass is 16.5. The fraction of sp³-hybridized carbons (Fsp3) is 0.143. The molecular weight excluding hydrogens is 356 g/mol. The van der Waals surface area contributed by atoms with E-state index in [9.17, 15) is 9.59 Å². The average molecular weight is 376 g/mol. The van der Waals surface area contributed by atoms with Gasteiger partial charge in [-0.05, 0) is 25.1 Å². The highest BCUT2D eigenvalue weighted by Gasteiger charge is 2.09. The van der Waals surface area contributed by atoms with Crippen LogP contribution in [-0.2, 0) is 6.54 Å². The summed E-state index contributed by atoms with van der Waals surface area (Å²) in [4.78, 5) is 32.2. The highest BCUT2D eigenvalue weighted by Crippen LogP contribution is 2.18. The second kappa shape index (κ2) is 8.77. The van der Waals surface area contributed by atoms with Crippen molar-refractivity contribution in [3.8, 4) is 5.75 Å². The first-order valence-corrected chi connectivity index (χ1v) is 8.67. The van der Waals surface area contributed by atoms with Crippen LogP contribution in [0.4, 0.5) is 11.6 Å². The number of carbonyl (C=O) groups excluding carboxylic acids is 2. The molecular formula is C21H20N4O3. The summed E-state index contributed by atoms with van der Waals surface area (Å²) in [5.41, 5.74) is 2.36. The average Bonchev–Trinajstić information content (AvgIpc) is 2.73. The van der Waals surface area contributed by atoms with E-state index in [1.807, 2.05) is 24.3 Å². The van der Waals surface area contributed by atoms with E-state index in [0.717, 1.165) is 11.3 Å². The van der Waals surface area contributed by atoms with Crippen LogP contribution in [0.2, 0.25) is 0 Å². The lowest BCUT2D eigenvalue weighted by Gasteiger charge is -2.10. The van der Waals surface area contributed by atoms with Gasteiger partial charge in [0.1, 0.15) is 5.75 Å². The van der Waals surface area contributed by atoms with Crippen molar-refractivity contribution in [1.82, 2.24) is 9.97 Å². The van der Waals surface area contributed by atoms with Crippen LogP contribution in [0.1, 0.15) is 33.2 Å². The lowest BCUT2D eigenvalue weighted by molar-refractivity contribution is 0.101. The predicted molar refractivity (Wildman–Crippen MR) is 107 cm³/mol. The molecule has 0 spiro atoms. The van der Waals surface area contributed by atoms with Crippen LogP contribution >= 0.6 is 0 Å². The van der Waals surface area contributed by atoms with Crippen molar-refractivity contribution in [1.29, 1.82) is 0 Å². The smallest absolute Gasteiger partial charge is 0.258 e. The van der Waals surface area contributed by atoms with E-state index in [2.05, 4.69) is 20.6 Å². The largest absolute Gasteiger partial charge is 0.496 e. The number of hydrogen-bond donors (Lipinski definition) is 2. The summed E-state index contributed by atoms with van der Waals surface area (Å²) in [5, 5.41) is 5.84. The SMILES string of the molecule is COc1ccccc1CNc1ncc(C(=O)Nc2cccc(C(C)=O)c2)cn1. The summed E-state index contributed by atoms with van der Waals surface area (Å²) in [5.74, 6) is 0.765. The van der Waals surface area contributed by atoms with E-state index in [1.54, 1.807) is 31.4 Å². The number of ketones is 1. The Hall–Kier alpha value is -3.74. The van der Waals surface area contributed by atoms with Gasteiger partial charge in [-0.3, -0.25) is 9.59 Å². The van der Waals surface area contributed by atoms with Crippen molar-refractivity contribution in [2.24, 2.45) is 0 Å². The topological polar surface area (TPSA) is 93.2 Å². The standard InChI is InChI=1S/C21H20N4O3/c1-14(26)15-7-5-8-18(10-15)25-20(27)17-12-23-21(24-13-17)22-11-16-6-3-4-9-19(16)28-2/h3-10,12-13H,11H2,1-2H3,(H,25,27)(H,22,23,24). The summed E-state index contributed by atoms with van der Waals surface area (Å²) in [6, 6.07) is 14.4. The van der Waals surface area contributed by atoms with Crippen molar-refractivity contribution in [3.05, 3.63) is 77.6 Å². The highest BCUT2D eigenvalue weighted by molar-refractivity contribution is 6.04. The Kier molecular flexibility index (Phi) is 5.96. The van der Waals surface area contributed by atoms with E-state index in [-0.39, 0.29) is 11.7 Å². The number of aromatic nitrogens is 2. The van der Waals surface area contributed by atoms with Crippen LogP contribution in [0, 0.1) is 0 Å². The molecule has 1 heterocycles. The number of amides is 1. The molecule has 0 aliphatic carbocycles. The molecule has 0 bridgehead atoms. The van der Waals surface area contributed by atoms with Crippen LogP contribution in [0.3, 0.4) is 0 Å². The number of benzene rings is 2.